The molecule has 96 valence electrons. The molecule has 3 aromatic heterocycles. The van der Waals surface area contributed by atoms with Crippen LogP contribution in [0.25, 0.3) is 16.7 Å². The van der Waals surface area contributed by atoms with Crippen molar-refractivity contribution >= 4 is 16.7 Å². The maximum absolute atomic E-state index is 12.4. The molecule has 3 aromatic rings. The van der Waals surface area contributed by atoms with Crippen LogP contribution in [0.2, 0.25) is 0 Å². The van der Waals surface area contributed by atoms with Crippen LogP contribution in [0.3, 0.4) is 0 Å². The Bertz CT molecular complexity index is 906. The Labute approximate surface area is 108 Å². The Morgan fingerprint density at radius 1 is 1.21 bits per heavy atom. The van der Waals surface area contributed by atoms with Crippen LogP contribution in [0.4, 0.5) is 0 Å². The van der Waals surface area contributed by atoms with Gasteiger partial charge < -0.3 is 0 Å². The smallest absolute Gasteiger partial charge is 0.267 e. The number of pyridine rings is 2. The quantitative estimate of drug-likeness (QED) is 0.616. The molecule has 0 saturated heterocycles. The third-order valence-electron chi connectivity index (χ3n) is 3.26. The summed E-state index contributed by atoms with van der Waals surface area (Å²) in [4.78, 5) is 28.9. The molecule has 0 amide bonds. The maximum atomic E-state index is 12.4. The SMILES string of the molecule is CCn1c(=O)c(C)cc2c(=O)n3ccccc3nc21. The monoisotopic (exact) mass is 255 g/mol. The van der Waals surface area contributed by atoms with E-state index in [1.807, 2.05) is 13.0 Å². The highest BCUT2D eigenvalue weighted by molar-refractivity contribution is 5.77. The second kappa shape index (κ2) is 4.05. The predicted octanol–water partition coefficient (Wildman–Crippen LogP) is 1.34. The van der Waals surface area contributed by atoms with E-state index >= 15 is 0 Å². The van der Waals surface area contributed by atoms with Crippen molar-refractivity contribution in [2.24, 2.45) is 0 Å². The van der Waals surface area contributed by atoms with E-state index in [1.165, 1.54) is 4.40 Å². The van der Waals surface area contributed by atoms with Gasteiger partial charge in [-0.2, -0.15) is 0 Å². The van der Waals surface area contributed by atoms with Crippen molar-refractivity contribution in [2.45, 2.75) is 20.4 Å². The van der Waals surface area contributed by atoms with Gasteiger partial charge in [0.1, 0.15) is 5.65 Å². The van der Waals surface area contributed by atoms with Gasteiger partial charge in [0.05, 0.1) is 5.39 Å². The van der Waals surface area contributed by atoms with E-state index in [4.69, 9.17) is 0 Å². The van der Waals surface area contributed by atoms with Crippen LogP contribution < -0.4 is 11.1 Å². The van der Waals surface area contributed by atoms with Crippen LogP contribution in [0, 0.1) is 6.92 Å². The van der Waals surface area contributed by atoms with Gasteiger partial charge in [-0.3, -0.25) is 18.6 Å². The van der Waals surface area contributed by atoms with Gasteiger partial charge in [0.2, 0.25) is 0 Å². The Balaban J connectivity index is 2.66. The number of rotatable bonds is 1. The number of fused-ring (bicyclic) bond motifs is 2. The van der Waals surface area contributed by atoms with Crippen molar-refractivity contribution in [1.29, 1.82) is 0 Å². The standard InChI is InChI=1S/C14H13N3O2/c1-3-16-12-10(8-9(2)13(16)18)14(19)17-7-5-4-6-11(17)15-12/h4-8H,3H2,1-2H3. The van der Waals surface area contributed by atoms with Gasteiger partial charge in [0.15, 0.2) is 5.65 Å². The van der Waals surface area contributed by atoms with Gasteiger partial charge in [0, 0.05) is 18.3 Å². The average molecular weight is 255 g/mol. The van der Waals surface area contributed by atoms with Crippen LogP contribution in [0.1, 0.15) is 12.5 Å². The minimum Gasteiger partial charge on any atom is -0.293 e. The molecule has 0 radical (unpaired) electrons. The van der Waals surface area contributed by atoms with Crippen molar-refractivity contribution < 1.29 is 0 Å². The van der Waals surface area contributed by atoms with Crippen LogP contribution >= 0.6 is 0 Å². The van der Waals surface area contributed by atoms with E-state index in [2.05, 4.69) is 4.98 Å². The third-order valence-corrected chi connectivity index (χ3v) is 3.26. The third kappa shape index (κ3) is 1.58. The van der Waals surface area contributed by atoms with Gasteiger partial charge in [0.25, 0.3) is 11.1 Å². The summed E-state index contributed by atoms with van der Waals surface area (Å²) in [6, 6.07) is 6.98. The highest BCUT2D eigenvalue weighted by Gasteiger charge is 2.11. The molecule has 5 nitrogen and oxygen atoms in total. The fraction of sp³-hybridized carbons (Fsp3) is 0.214. The number of hydrogen-bond donors (Lipinski definition) is 0. The van der Waals surface area contributed by atoms with E-state index in [-0.39, 0.29) is 11.1 Å². The minimum atomic E-state index is -0.147. The molecule has 0 aliphatic rings. The fourth-order valence-corrected chi connectivity index (χ4v) is 2.30. The highest BCUT2D eigenvalue weighted by Crippen LogP contribution is 2.09. The van der Waals surface area contributed by atoms with Crippen molar-refractivity contribution in [3.63, 3.8) is 0 Å². The van der Waals surface area contributed by atoms with Crippen LogP contribution in [-0.2, 0) is 6.54 Å². The molecule has 0 spiro atoms. The van der Waals surface area contributed by atoms with Crippen LogP contribution in [0.5, 0.6) is 0 Å². The van der Waals surface area contributed by atoms with E-state index in [0.717, 1.165) is 0 Å². The summed E-state index contributed by atoms with van der Waals surface area (Å²) in [5.74, 6) is 0. The van der Waals surface area contributed by atoms with Crippen LogP contribution in [0.15, 0.2) is 40.1 Å². The summed E-state index contributed by atoms with van der Waals surface area (Å²) in [7, 11) is 0. The lowest BCUT2D eigenvalue weighted by molar-refractivity contribution is 0.742. The lowest BCUT2D eigenvalue weighted by Crippen LogP contribution is -2.26. The van der Waals surface area contributed by atoms with Crippen molar-refractivity contribution in [2.75, 3.05) is 0 Å². The molecule has 3 heterocycles. The summed E-state index contributed by atoms with van der Waals surface area (Å²) in [5, 5.41) is 0.475. The molecule has 3 rings (SSSR count). The lowest BCUT2D eigenvalue weighted by Gasteiger charge is -2.09. The molecule has 0 bridgehead atoms. The molecule has 0 saturated carbocycles. The molecular formula is C14H13N3O2. The van der Waals surface area contributed by atoms with Crippen LogP contribution in [-0.4, -0.2) is 14.0 Å². The fourth-order valence-electron chi connectivity index (χ4n) is 2.30. The number of hydrogen-bond acceptors (Lipinski definition) is 3. The molecule has 5 heteroatoms. The topological polar surface area (TPSA) is 56.4 Å². The molecule has 0 N–H and O–H groups in total. The average Bonchev–Trinajstić information content (AvgIpc) is 2.42. The van der Waals surface area contributed by atoms with Crippen molar-refractivity contribution in [3.8, 4) is 0 Å². The molecule has 0 aliphatic carbocycles. The zero-order chi connectivity index (χ0) is 13.6. The molecule has 0 aliphatic heterocycles. The Morgan fingerprint density at radius 3 is 2.74 bits per heavy atom. The first-order chi connectivity index (χ1) is 9.13. The van der Waals surface area contributed by atoms with Gasteiger partial charge in [-0.05, 0) is 32.0 Å². The summed E-state index contributed by atoms with van der Waals surface area (Å²) < 4.78 is 3.03. The summed E-state index contributed by atoms with van der Waals surface area (Å²) in [6.07, 6.45) is 1.68. The highest BCUT2D eigenvalue weighted by atomic mass is 16.1. The van der Waals surface area contributed by atoms with Gasteiger partial charge >= 0.3 is 0 Å². The maximum Gasteiger partial charge on any atom is 0.267 e. The van der Waals surface area contributed by atoms with E-state index in [9.17, 15) is 9.59 Å². The minimum absolute atomic E-state index is 0.0952. The molecule has 0 atom stereocenters. The van der Waals surface area contributed by atoms with E-state index in [1.54, 1.807) is 35.9 Å². The molecule has 0 fully saturated rings. The summed E-state index contributed by atoms with van der Waals surface area (Å²) in [5.41, 5.74) is 1.32. The second-order valence-electron chi connectivity index (χ2n) is 4.46. The Hall–Kier alpha value is -2.43. The normalized spacial score (nSPS) is 11.3. The lowest BCUT2D eigenvalue weighted by atomic mass is 10.2. The Kier molecular flexibility index (Phi) is 2.48. The van der Waals surface area contributed by atoms with Crippen molar-refractivity contribution in [1.82, 2.24) is 14.0 Å². The zero-order valence-electron chi connectivity index (χ0n) is 10.8. The van der Waals surface area contributed by atoms with Gasteiger partial charge in [-0.15, -0.1) is 0 Å². The molecular weight excluding hydrogens is 242 g/mol. The van der Waals surface area contributed by atoms with Gasteiger partial charge in [-0.1, -0.05) is 6.07 Å². The first-order valence-electron chi connectivity index (χ1n) is 6.15. The zero-order valence-corrected chi connectivity index (χ0v) is 10.8. The van der Waals surface area contributed by atoms with Gasteiger partial charge in [-0.25, -0.2) is 4.98 Å². The van der Waals surface area contributed by atoms with E-state index < -0.39 is 0 Å². The predicted molar refractivity (Wildman–Crippen MR) is 73.6 cm³/mol. The first kappa shape index (κ1) is 11.6. The Morgan fingerprint density at radius 2 is 2.00 bits per heavy atom. The summed E-state index contributed by atoms with van der Waals surface area (Å²) >= 11 is 0. The van der Waals surface area contributed by atoms with Crippen molar-refractivity contribution in [3.05, 3.63) is 56.7 Å². The first-order valence-corrected chi connectivity index (χ1v) is 6.15. The van der Waals surface area contributed by atoms with E-state index in [0.29, 0.717) is 28.8 Å². The molecule has 0 aromatic carbocycles. The molecule has 19 heavy (non-hydrogen) atoms. The molecule has 0 unspecified atom stereocenters. The number of nitrogens with zero attached hydrogens (tertiary/aromatic N) is 3. The number of aromatic nitrogens is 3. The largest absolute Gasteiger partial charge is 0.293 e. The second-order valence-corrected chi connectivity index (χ2v) is 4.46. The summed E-state index contributed by atoms with van der Waals surface area (Å²) in [6.45, 7) is 4.08. The number of aryl methyl sites for hydroxylation is 2.